The zero-order chi connectivity index (χ0) is 22.5. The van der Waals surface area contributed by atoms with E-state index in [1.807, 2.05) is 32.0 Å². The lowest BCUT2D eigenvalue weighted by Crippen LogP contribution is -2.37. The lowest BCUT2D eigenvalue weighted by atomic mass is 10.1. The number of methoxy groups -OCH3 is 1. The molecule has 0 N–H and O–H groups in total. The Morgan fingerprint density at radius 3 is 2.40 bits per heavy atom. The molecule has 0 aromatic carbocycles. The van der Waals surface area contributed by atoms with Crippen LogP contribution in [-0.4, -0.2) is 73.7 Å². The summed E-state index contributed by atoms with van der Waals surface area (Å²) in [5.74, 6) is 0.429. The van der Waals surface area contributed by atoms with Crippen LogP contribution < -0.4 is 4.89 Å². The zero-order valence-corrected chi connectivity index (χ0v) is 20.6. The van der Waals surface area contributed by atoms with Gasteiger partial charge in [-0.1, -0.05) is 44.2 Å². The Labute approximate surface area is 183 Å². The van der Waals surface area contributed by atoms with E-state index in [1.54, 1.807) is 7.11 Å². The summed E-state index contributed by atoms with van der Waals surface area (Å²) < 4.78 is 24.7. The smallest absolute Gasteiger partial charge is 0.140 e. The van der Waals surface area contributed by atoms with Crippen LogP contribution in [0.4, 0.5) is 0 Å². The number of quaternary nitrogens is 1. The molecule has 1 heterocycles. The Morgan fingerprint density at radius 2 is 1.77 bits per heavy atom. The van der Waals surface area contributed by atoms with Gasteiger partial charge in [-0.05, 0) is 25.2 Å². The Bertz CT molecular complexity index is 618. The van der Waals surface area contributed by atoms with E-state index in [1.165, 1.54) is 19.3 Å². The maximum Gasteiger partial charge on any atom is 0.140 e. The second kappa shape index (κ2) is 14.3. The molecule has 8 nitrogen and oxygen atoms in total. The van der Waals surface area contributed by atoms with Crippen LogP contribution in [0.2, 0.25) is 0 Å². The molecule has 176 valence electrons. The van der Waals surface area contributed by atoms with Crippen LogP contribution in [0.1, 0.15) is 57.6 Å². The highest BCUT2D eigenvalue weighted by atomic mass is 31.2. The molecular formula is C21H43N4O4P. The molecule has 0 saturated heterocycles. The van der Waals surface area contributed by atoms with Crippen molar-refractivity contribution in [2.24, 2.45) is 5.92 Å². The number of nitrogens with zero attached hydrogens (tertiary/aromatic N) is 4. The SMILES string of the molecule is COCC(C)Cn1cc(CCCCCCCCCOP(=O)([O-])CC[N+](C)(C)C)nn1. The van der Waals surface area contributed by atoms with E-state index in [4.69, 9.17) is 9.26 Å². The minimum atomic E-state index is -3.68. The minimum absolute atomic E-state index is 0.108. The van der Waals surface area contributed by atoms with Crippen LogP contribution in [-0.2, 0) is 26.8 Å². The van der Waals surface area contributed by atoms with Crippen molar-refractivity contribution in [2.45, 2.75) is 64.8 Å². The molecule has 1 rings (SSSR count). The zero-order valence-electron chi connectivity index (χ0n) is 19.7. The van der Waals surface area contributed by atoms with Gasteiger partial charge in [0.15, 0.2) is 0 Å². The van der Waals surface area contributed by atoms with E-state index in [0.29, 0.717) is 23.6 Å². The summed E-state index contributed by atoms with van der Waals surface area (Å²) in [5.41, 5.74) is 1.06. The number of rotatable bonds is 18. The topological polar surface area (TPSA) is 89.3 Å². The van der Waals surface area contributed by atoms with E-state index in [-0.39, 0.29) is 6.16 Å². The number of hydrogen-bond acceptors (Lipinski definition) is 6. The van der Waals surface area contributed by atoms with Crippen LogP contribution in [0.3, 0.4) is 0 Å². The molecule has 0 fully saturated rings. The highest BCUT2D eigenvalue weighted by Crippen LogP contribution is 2.36. The van der Waals surface area contributed by atoms with E-state index in [0.717, 1.165) is 50.9 Å². The Balaban J connectivity index is 1.99. The summed E-state index contributed by atoms with van der Waals surface area (Å²) >= 11 is 0. The maximum absolute atomic E-state index is 11.9. The van der Waals surface area contributed by atoms with Gasteiger partial charge in [0.1, 0.15) is 7.60 Å². The van der Waals surface area contributed by atoms with Crippen molar-refractivity contribution in [1.29, 1.82) is 0 Å². The second-order valence-electron chi connectivity index (χ2n) is 9.40. The highest BCUT2D eigenvalue weighted by Gasteiger charge is 2.15. The van der Waals surface area contributed by atoms with Crippen molar-refractivity contribution in [3.05, 3.63) is 11.9 Å². The van der Waals surface area contributed by atoms with Gasteiger partial charge in [0.25, 0.3) is 0 Å². The monoisotopic (exact) mass is 446 g/mol. The molecule has 1 aromatic rings. The van der Waals surface area contributed by atoms with Gasteiger partial charge >= 0.3 is 0 Å². The summed E-state index contributed by atoms with van der Waals surface area (Å²) in [6.07, 6.45) is 10.8. The minimum Gasteiger partial charge on any atom is -0.778 e. The molecule has 0 aliphatic carbocycles. The lowest BCUT2D eigenvalue weighted by molar-refractivity contribution is -0.868. The Kier molecular flexibility index (Phi) is 13.0. The maximum atomic E-state index is 11.9. The first-order valence-corrected chi connectivity index (χ1v) is 13.0. The normalized spacial score (nSPS) is 15.3. The summed E-state index contributed by atoms with van der Waals surface area (Å²) in [5, 5.41) is 8.44. The van der Waals surface area contributed by atoms with Crippen molar-refractivity contribution >= 4 is 7.60 Å². The Hall–Kier alpha value is -0.790. The van der Waals surface area contributed by atoms with Crippen LogP contribution in [0.25, 0.3) is 0 Å². The first-order chi connectivity index (χ1) is 14.1. The van der Waals surface area contributed by atoms with Gasteiger partial charge in [0.05, 0.1) is 52.8 Å². The summed E-state index contributed by atoms with van der Waals surface area (Å²) in [4.78, 5) is 11.9. The molecule has 0 bridgehead atoms. The predicted octanol–water partition coefficient (Wildman–Crippen LogP) is 3.11. The second-order valence-corrected chi connectivity index (χ2v) is 11.3. The van der Waals surface area contributed by atoms with Crippen LogP contribution in [0.15, 0.2) is 6.20 Å². The molecule has 2 atom stereocenters. The first kappa shape index (κ1) is 27.2. The van der Waals surface area contributed by atoms with Crippen LogP contribution in [0.5, 0.6) is 0 Å². The molecule has 30 heavy (non-hydrogen) atoms. The number of hydrogen-bond donors (Lipinski definition) is 0. The van der Waals surface area contributed by atoms with Crippen LogP contribution >= 0.6 is 7.60 Å². The predicted molar refractivity (Wildman–Crippen MR) is 118 cm³/mol. The fraction of sp³-hybridized carbons (Fsp3) is 0.905. The summed E-state index contributed by atoms with van der Waals surface area (Å²) in [7, 11) is 3.98. The van der Waals surface area contributed by atoms with E-state index >= 15 is 0 Å². The molecule has 1 aromatic heterocycles. The quantitative estimate of drug-likeness (QED) is 0.196. The third-order valence-electron chi connectivity index (χ3n) is 4.95. The van der Waals surface area contributed by atoms with E-state index in [2.05, 4.69) is 17.2 Å². The molecule has 2 unspecified atom stereocenters. The summed E-state index contributed by atoms with van der Waals surface area (Å²) in [6, 6.07) is 0. The van der Waals surface area contributed by atoms with Gasteiger partial charge in [-0.15, -0.1) is 5.10 Å². The van der Waals surface area contributed by atoms with Gasteiger partial charge in [-0.2, -0.15) is 0 Å². The van der Waals surface area contributed by atoms with Crippen molar-refractivity contribution in [1.82, 2.24) is 15.0 Å². The third kappa shape index (κ3) is 14.3. The molecule has 0 aliphatic heterocycles. The van der Waals surface area contributed by atoms with E-state index < -0.39 is 7.60 Å². The van der Waals surface area contributed by atoms with Gasteiger partial charge in [-0.3, -0.25) is 4.68 Å². The van der Waals surface area contributed by atoms with Crippen LogP contribution in [0, 0.1) is 5.92 Å². The average Bonchev–Trinajstić information content (AvgIpc) is 3.08. The molecule has 9 heteroatoms. The fourth-order valence-corrected chi connectivity index (χ4v) is 4.56. The number of aromatic nitrogens is 3. The van der Waals surface area contributed by atoms with Gasteiger partial charge < -0.3 is 23.2 Å². The lowest BCUT2D eigenvalue weighted by Gasteiger charge is -2.29. The van der Waals surface area contributed by atoms with Crippen molar-refractivity contribution in [3.63, 3.8) is 0 Å². The van der Waals surface area contributed by atoms with Crippen molar-refractivity contribution in [3.8, 4) is 0 Å². The molecule has 0 spiro atoms. The fourth-order valence-electron chi connectivity index (χ4n) is 3.18. The van der Waals surface area contributed by atoms with Crippen molar-refractivity contribution < 1.29 is 23.2 Å². The largest absolute Gasteiger partial charge is 0.778 e. The third-order valence-corrected chi connectivity index (χ3v) is 6.27. The average molecular weight is 447 g/mol. The molecule has 0 radical (unpaired) electrons. The van der Waals surface area contributed by atoms with Crippen molar-refractivity contribution in [2.75, 3.05) is 54.2 Å². The molecule has 0 saturated carbocycles. The molecule has 0 aliphatic rings. The van der Waals surface area contributed by atoms with E-state index in [9.17, 15) is 9.46 Å². The van der Waals surface area contributed by atoms with Gasteiger partial charge in [-0.25, -0.2) is 0 Å². The number of ether oxygens (including phenoxy) is 1. The number of aryl methyl sites for hydroxylation is 1. The standard InChI is InChI=1S/C21H43N4O4P/c1-20(19-28-5)17-24-18-21(22-23-24)13-11-9-7-6-8-10-12-15-29-30(26,27)16-14-25(2,3)4/h18,20H,6-17,19H2,1-5H3. The number of unbranched alkanes of at least 4 members (excludes halogenated alkanes) is 6. The summed E-state index contributed by atoms with van der Waals surface area (Å²) in [6.45, 7) is 4.60. The first-order valence-electron chi connectivity index (χ1n) is 11.2. The Morgan fingerprint density at radius 1 is 1.13 bits per heavy atom. The molecular weight excluding hydrogens is 403 g/mol. The highest BCUT2D eigenvalue weighted by molar-refractivity contribution is 7.51. The van der Waals surface area contributed by atoms with Gasteiger partial charge in [0, 0.05) is 19.9 Å². The van der Waals surface area contributed by atoms with Gasteiger partial charge in [0.2, 0.25) is 0 Å². The molecule has 0 amide bonds.